The molecule has 0 saturated heterocycles. The lowest BCUT2D eigenvalue weighted by molar-refractivity contribution is 0.0785. The standard InChI is InChI=1S/C20H28N4O2/c1-13(12-25)21-18-10-19(23-14(2)22-18)24-8-7-15-9-17(20(3,4)26)6-5-16(15)11-24/h5-6,9-10,13,25-26H,7-8,11-12H2,1-4H3,(H,21,22,23)/t13-/m0/s1. The van der Waals surface area contributed by atoms with E-state index in [-0.39, 0.29) is 12.6 Å². The van der Waals surface area contributed by atoms with Crippen LogP contribution in [0.5, 0.6) is 0 Å². The largest absolute Gasteiger partial charge is 0.394 e. The number of anilines is 2. The van der Waals surface area contributed by atoms with Crippen molar-refractivity contribution in [1.82, 2.24) is 9.97 Å². The minimum absolute atomic E-state index is 0.0546. The van der Waals surface area contributed by atoms with E-state index >= 15 is 0 Å². The Morgan fingerprint density at radius 2 is 2.00 bits per heavy atom. The van der Waals surface area contributed by atoms with Crippen molar-refractivity contribution in [3.63, 3.8) is 0 Å². The van der Waals surface area contributed by atoms with Crippen molar-refractivity contribution < 1.29 is 10.2 Å². The Morgan fingerprint density at radius 1 is 1.23 bits per heavy atom. The first kappa shape index (κ1) is 18.6. The highest BCUT2D eigenvalue weighted by Gasteiger charge is 2.22. The Bertz CT molecular complexity index is 786. The monoisotopic (exact) mass is 356 g/mol. The molecule has 0 fully saturated rings. The number of fused-ring (bicyclic) bond motifs is 1. The maximum absolute atomic E-state index is 10.2. The van der Waals surface area contributed by atoms with E-state index in [2.05, 4.69) is 32.3 Å². The lowest BCUT2D eigenvalue weighted by Crippen LogP contribution is -2.32. The number of hydrogen-bond acceptors (Lipinski definition) is 6. The second-order valence-corrected chi connectivity index (χ2v) is 7.60. The van der Waals surface area contributed by atoms with E-state index in [1.54, 1.807) is 0 Å². The van der Waals surface area contributed by atoms with E-state index in [1.165, 1.54) is 11.1 Å². The maximum atomic E-state index is 10.2. The molecule has 1 aromatic carbocycles. The second-order valence-electron chi connectivity index (χ2n) is 7.60. The van der Waals surface area contributed by atoms with E-state index in [0.717, 1.165) is 36.7 Å². The lowest BCUT2D eigenvalue weighted by Gasteiger charge is -2.31. The molecule has 2 aromatic rings. The number of aromatic nitrogens is 2. The normalized spacial score (nSPS) is 15.5. The summed E-state index contributed by atoms with van der Waals surface area (Å²) >= 11 is 0. The van der Waals surface area contributed by atoms with Gasteiger partial charge in [-0.15, -0.1) is 0 Å². The van der Waals surface area contributed by atoms with Crippen LogP contribution in [0.2, 0.25) is 0 Å². The molecule has 0 amide bonds. The second kappa shape index (κ2) is 7.21. The molecule has 6 heteroatoms. The third-order valence-electron chi connectivity index (χ3n) is 4.74. The van der Waals surface area contributed by atoms with Gasteiger partial charge in [-0.25, -0.2) is 9.97 Å². The number of benzene rings is 1. The molecule has 2 heterocycles. The third kappa shape index (κ3) is 4.14. The first-order valence-electron chi connectivity index (χ1n) is 9.09. The molecule has 6 nitrogen and oxygen atoms in total. The molecular weight excluding hydrogens is 328 g/mol. The summed E-state index contributed by atoms with van der Waals surface area (Å²) in [6.45, 7) is 9.13. The van der Waals surface area contributed by atoms with Crippen LogP contribution in [-0.4, -0.2) is 39.4 Å². The average molecular weight is 356 g/mol. The van der Waals surface area contributed by atoms with Gasteiger partial charge < -0.3 is 20.4 Å². The molecule has 1 aromatic heterocycles. The van der Waals surface area contributed by atoms with Gasteiger partial charge in [0.1, 0.15) is 17.5 Å². The van der Waals surface area contributed by atoms with E-state index in [9.17, 15) is 10.2 Å². The predicted octanol–water partition coefficient (Wildman–Crippen LogP) is 2.37. The summed E-state index contributed by atoms with van der Waals surface area (Å²) in [6.07, 6.45) is 0.915. The van der Waals surface area contributed by atoms with Gasteiger partial charge in [0, 0.05) is 25.2 Å². The Labute approximate surface area is 154 Å². The van der Waals surface area contributed by atoms with Crippen molar-refractivity contribution in [2.75, 3.05) is 23.4 Å². The lowest BCUT2D eigenvalue weighted by atomic mass is 9.91. The summed E-state index contributed by atoms with van der Waals surface area (Å²) < 4.78 is 0. The maximum Gasteiger partial charge on any atom is 0.134 e. The fraction of sp³-hybridized carbons (Fsp3) is 0.500. The van der Waals surface area contributed by atoms with Gasteiger partial charge in [0.15, 0.2) is 0 Å². The van der Waals surface area contributed by atoms with Gasteiger partial charge in [0.2, 0.25) is 0 Å². The molecule has 0 saturated carbocycles. The minimum atomic E-state index is -0.820. The topological polar surface area (TPSA) is 81.5 Å². The number of hydrogen-bond donors (Lipinski definition) is 3. The zero-order valence-electron chi connectivity index (χ0n) is 16.0. The van der Waals surface area contributed by atoms with Crippen molar-refractivity contribution in [2.24, 2.45) is 0 Å². The fourth-order valence-electron chi connectivity index (χ4n) is 3.22. The van der Waals surface area contributed by atoms with Crippen LogP contribution in [0.15, 0.2) is 24.3 Å². The molecule has 1 aliphatic heterocycles. The molecule has 26 heavy (non-hydrogen) atoms. The molecule has 1 aliphatic rings. The highest BCUT2D eigenvalue weighted by molar-refractivity contribution is 5.52. The SMILES string of the molecule is Cc1nc(N[C@@H](C)CO)cc(N2CCc3cc(C(C)(C)O)ccc3C2)n1. The van der Waals surface area contributed by atoms with Crippen molar-refractivity contribution in [3.8, 4) is 0 Å². The van der Waals surface area contributed by atoms with E-state index < -0.39 is 5.60 Å². The van der Waals surface area contributed by atoms with Gasteiger partial charge in [-0.05, 0) is 50.8 Å². The first-order chi connectivity index (χ1) is 12.3. The van der Waals surface area contributed by atoms with Crippen molar-refractivity contribution in [2.45, 2.75) is 52.3 Å². The zero-order valence-corrected chi connectivity index (χ0v) is 16.0. The summed E-state index contributed by atoms with van der Waals surface area (Å²) in [4.78, 5) is 11.3. The van der Waals surface area contributed by atoms with Crippen molar-refractivity contribution in [3.05, 3.63) is 46.8 Å². The average Bonchev–Trinajstić information content (AvgIpc) is 2.59. The van der Waals surface area contributed by atoms with Crippen LogP contribution in [-0.2, 0) is 18.6 Å². The highest BCUT2D eigenvalue weighted by Crippen LogP contribution is 2.28. The van der Waals surface area contributed by atoms with Crippen LogP contribution < -0.4 is 10.2 Å². The van der Waals surface area contributed by atoms with E-state index in [1.807, 2.05) is 39.8 Å². The molecule has 0 aliphatic carbocycles. The van der Waals surface area contributed by atoms with E-state index in [0.29, 0.717) is 5.82 Å². The number of aryl methyl sites for hydroxylation is 1. The van der Waals surface area contributed by atoms with Crippen molar-refractivity contribution >= 4 is 11.6 Å². The molecule has 0 bridgehead atoms. The van der Waals surface area contributed by atoms with Gasteiger partial charge in [0.25, 0.3) is 0 Å². The molecule has 0 unspecified atom stereocenters. The van der Waals surface area contributed by atoms with Crippen LogP contribution >= 0.6 is 0 Å². The molecule has 3 N–H and O–H groups in total. The molecule has 0 spiro atoms. The zero-order chi connectivity index (χ0) is 18.9. The Hall–Kier alpha value is -2.18. The number of nitrogens with zero attached hydrogens (tertiary/aromatic N) is 3. The fourth-order valence-corrected chi connectivity index (χ4v) is 3.22. The summed E-state index contributed by atoms with van der Waals surface area (Å²) in [6, 6.07) is 8.11. The predicted molar refractivity (Wildman–Crippen MR) is 103 cm³/mol. The Morgan fingerprint density at radius 3 is 2.69 bits per heavy atom. The van der Waals surface area contributed by atoms with Crippen LogP contribution in [0.1, 0.15) is 43.3 Å². The minimum Gasteiger partial charge on any atom is -0.394 e. The molecule has 3 rings (SSSR count). The number of rotatable bonds is 5. The van der Waals surface area contributed by atoms with Gasteiger partial charge >= 0.3 is 0 Å². The molecule has 1 atom stereocenters. The Balaban J connectivity index is 1.82. The highest BCUT2D eigenvalue weighted by atomic mass is 16.3. The summed E-state index contributed by atoms with van der Waals surface area (Å²) in [5.41, 5.74) is 2.68. The van der Waals surface area contributed by atoms with Crippen molar-refractivity contribution in [1.29, 1.82) is 0 Å². The van der Waals surface area contributed by atoms with Crippen LogP contribution in [0.25, 0.3) is 0 Å². The molecule has 140 valence electrons. The first-order valence-corrected chi connectivity index (χ1v) is 9.09. The molecule has 0 radical (unpaired) electrons. The Kier molecular flexibility index (Phi) is 5.16. The van der Waals surface area contributed by atoms with Gasteiger partial charge in [-0.3, -0.25) is 0 Å². The quantitative estimate of drug-likeness (QED) is 0.763. The summed E-state index contributed by atoms with van der Waals surface area (Å²) in [5.74, 6) is 2.33. The van der Waals surface area contributed by atoms with Crippen LogP contribution in [0.4, 0.5) is 11.6 Å². The number of nitrogens with one attached hydrogen (secondary N) is 1. The summed E-state index contributed by atoms with van der Waals surface area (Å²) in [7, 11) is 0. The molecular formula is C20H28N4O2. The number of aliphatic hydroxyl groups excluding tert-OH is 1. The summed E-state index contributed by atoms with van der Waals surface area (Å²) in [5, 5.41) is 22.7. The third-order valence-corrected chi connectivity index (χ3v) is 4.74. The van der Waals surface area contributed by atoms with Gasteiger partial charge in [-0.2, -0.15) is 0 Å². The number of aliphatic hydroxyl groups is 2. The van der Waals surface area contributed by atoms with Crippen LogP contribution in [0.3, 0.4) is 0 Å². The van der Waals surface area contributed by atoms with E-state index in [4.69, 9.17) is 0 Å². The van der Waals surface area contributed by atoms with Gasteiger partial charge in [0.05, 0.1) is 12.2 Å². The van der Waals surface area contributed by atoms with Crippen LogP contribution in [0, 0.1) is 6.92 Å². The smallest absolute Gasteiger partial charge is 0.134 e. The van der Waals surface area contributed by atoms with Gasteiger partial charge in [-0.1, -0.05) is 18.2 Å².